The summed E-state index contributed by atoms with van der Waals surface area (Å²) in [7, 11) is 0. The van der Waals surface area contributed by atoms with Crippen LogP contribution in [0, 0.1) is 5.92 Å². The van der Waals surface area contributed by atoms with Gasteiger partial charge in [-0.2, -0.15) is 0 Å². The molecule has 1 aliphatic carbocycles. The zero-order chi connectivity index (χ0) is 14.6. The van der Waals surface area contributed by atoms with Crippen LogP contribution in [-0.4, -0.2) is 18.5 Å². The Balaban J connectivity index is 1.94. The molecule has 0 bridgehead atoms. The number of nitrogens with one attached hydrogen (secondary N) is 1. The van der Waals surface area contributed by atoms with Gasteiger partial charge in [0.15, 0.2) is 0 Å². The lowest BCUT2D eigenvalue weighted by Crippen LogP contribution is -2.43. The molecule has 20 heavy (non-hydrogen) atoms. The van der Waals surface area contributed by atoms with Crippen molar-refractivity contribution in [3.8, 4) is 0 Å². The Morgan fingerprint density at radius 2 is 1.60 bits per heavy atom. The average molecular weight is 282 g/mol. The molecule has 0 radical (unpaired) electrons. The van der Waals surface area contributed by atoms with Crippen LogP contribution in [0.3, 0.4) is 0 Å². The third kappa shape index (κ3) is 7.28. The van der Waals surface area contributed by atoms with Crippen molar-refractivity contribution in [1.29, 1.82) is 0 Å². The first kappa shape index (κ1) is 17.5. The predicted octanol–water partition coefficient (Wildman–Crippen LogP) is 3.76. The number of hydrogen-bond acceptors (Lipinski definition) is 2. The van der Waals surface area contributed by atoms with E-state index in [1.165, 1.54) is 51.4 Å². The third-order valence-corrected chi connectivity index (χ3v) is 4.49. The normalized spacial score (nSPS) is 22.7. The minimum Gasteiger partial charge on any atom is -0.356 e. The van der Waals surface area contributed by atoms with Gasteiger partial charge in [0.1, 0.15) is 0 Å². The molecule has 0 heterocycles. The molecule has 1 aliphatic rings. The standard InChI is InChI=1S/C17H34N2O/c1-2-3-4-5-6-7-8-11-14-19-17(20)15-12-9-10-13-16(15)18/h15-16H,2-14,18H2,1H3,(H,19,20). The first-order valence-corrected chi connectivity index (χ1v) is 8.79. The zero-order valence-electron chi connectivity index (χ0n) is 13.3. The van der Waals surface area contributed by atoms with Gasteiger partial charge in [-0.25, -0.2) is 0 Å². The Kier molecular flexibility index (Phi) is 9.73. The van der Waals surface area contributed by atoms with Crippen LogP contribution >= 0.6 is 0 Å². The van der Waals surface area contributed by atoms with Gasteiger partial charge in [-0.1, -0.05) is 64.7 Å². The number of carbonyl (C=O) groups is 1. The van der Waals surface area contributed by atoms with Crippen LogP contribution in [0.5, 0.6) is 0 Å². The Morgan fingerprint density at radius 3 is 2.25 bits per heavy atom. The summed E-state index contributed by atoms with van der Waals surface area (Å²) in [6.07, 6.45) is 14.8. The number of rotatable bonds is 10. The van der Waals surface area contributed by atoms with E-state index in [0.717, 1.165) is 32.2 Å². The summed E-state index contributed by atoms with van der Waals surface area (Å²) in [5.74, 6) is 0.262. The van der Waals surface area contributed by atoms with Crippen molar-refractivity contribution in [1.82, 2.24) is 5.32 Å². The summed E-state index contributed by atoms with van der Waals surface area (Å²) in [5.41, 5.74) is 6.03. The molecule has 3 nitrogen and oxygen atoms in total. The number of nitrogens with two attached hydrogens (primary N) is 1. The monoisotopic (exact) mass is 282 g/mol. The van der Waals surface area contributed by atoms with Crippen molar-refractivity contribution < 1.29 is 4.79 Å². The van der Waals surface area contributed by atoms with Gasteiger partial charge in [-0.3, -0.25) is 4.79 Å². The fourth-order valence-electron chi connectivity index (χ4n) is 3.09. The number of carbonyl (C=O) groups excluding carboxylic acids is 1. The second-order valence-corrected chi connectivity index (χ2v) is 6.32. The number of amides is 1. The molecule has 0 spiro atoms. The van der Waals surface area contributed by atoms with Crippen molar-refractivity contribution in [2.75, 3.05) is 6.54 Å². The first-order valence-electron chi connectivity index (χ1n) is 8.79. The molecule has 118 valence electrons. The van der Waals surface area contributed by atoms with Crippen LogP contribution in [0.25, 0.3) is 0 Å². The minimum absolute atomic E-state index is 0.0674. The molecular weight excluding hydrogens is 248 g/mol. The number of hydrogen-bond donors (Lipinski definition) is 2. The van der Waals surface area contributed by atoms with E-state index in [0.29, 0.717) is 0 Å². The summed E-state index contributed by atoms with van der Waals surface area (Å²) < 4.78 is 0. The fourth-order valence-corrected chi connectivity index (χ4v) is 3.09. The highest BCUT2D eigenvalue weighted by Crippen LogP contribution is 2.22. The lowest BCUT2D eigenvalue weighted by molar-refractivity contribution is -0.126. The second-order valence-electron chi connectivity index (χ2n) is 6.32. The molecule has 1 rings (SSSR count). The van der Waals surface area contributed by atoms with Crippen molar-refractivity contribution in [2.45, 2.75) is 90.0 Å². The molecule has 1 fully saturated rings. The van der Waals surface area contributed by atoms with E-state index in [2.05, 4.69) is 12.2 Å². The Bertz CT molecular complexity index is 255. The van der Waals surface area contributed by atoms with Gasteiger partial charge in [-0.15, -0.1) is 0 Å². The van der Waals surface area contributed by atoms with E-state index < -0.39 is 0 Å². The highest BCUT2D eigenvalue weighted by molar-refractivity contribution is 5.79. The summed E-state index contributed by atoms with van der Waals surface area (Å²) in [6.45, 7) is 3.08. The molecule has 2 unspecified atom stereocenters. The summed E-state index contributed by atoms with van der Waals surface area (Å²) in [5, 5.41) is 3.08. The Labute approximate surface area is 125 Å². The van der Waals surface area contributed by atoms with E-state index in [1.54, 1.807) is 0 Å². The topological polar surface area (TPSA) is 55.1 Å². The maximum atomic E-state index is 12.0. The Hall–Kier alpha value is -0.570. The van der Waals surface area contributed by atoms with Crippen LogP contribution < -0.4 is 11.1 Å². The lowest BCUT2D eigenvalue weighted by atomic mass is 9.84. The molecular formula is C17H34N2O. The maximum Gasteiger partial charge on any atom is 0.224 e. The van der Waals surface area contributed by atoms with Gasteiger partial charge in [-0.05, 0) is 19.3 Å². The van der Waals surface area contributed by atoms with Gasteiger partial charge >= 0.3 is 0 Å². The van der Waals surface area contributed by atoms with E-state index in [4.69, 9.17) is 5.73 Å². The van der Waals surface area contributed by atoms with E-state index in [1.807, 2.05) is 0 Å². The fraction of sp³-hybridized carbons (Fsp3) is 0.941. The summed E-state index contributed by atoms with van der Waals surface area (Å²) in [6, 6.07) is 0.0855. The molecule has 0 aromatic rings. The molecule has 0 aromatic carbocycles. The van der Waals surface area contributed by atoms with Crippen LogP contribution in [0.15, 0.2) is 0 Å². The van der Waals surface area contributed by atoms with E-state index in [9.17, 15) is 4.79 Å². The second kappa shape index (κ2) is 11.1. The maximum absolute atomic E-state index is 12.0. The summed E-state index contributed by atoms with van der Waals surface area (Å²) in [4.78, 5) is 12.0. The zero-order valence-corrected chi connectivity index (χ0v) is 13.3. The smallest absolute Gasteiger partial charge is 0.224 e. The molecule has 0 aromatic heterocycles. The van der Waals surface area contributed by atoms with Crippen molar-refractivity contribution in [3.63, 3.8) is 0 Å². The highest BCUT2D eigenvalue weighted by atomic mass is 16.1. The summed E-state index contributed by atoms with van der Waals surface area (Å²) >= 11 is 0. The van der Waals surface area contributed by atoms with Gasteiger partial charge in [0, 0.05) is 12.6 Å². The molecule has 1 amide bonds. The van der Waals surface area contributed by atoms with Crippen molar-refractivity contribution in [3.05, 3.63) is 0 Å². The van der Waals surface area contributed by atoms with Crippen molar-refractivity contribution >= 4 is 5.91 Å². The van der Waals surface area contributed by atoms with Crippen LogP contribution in [-0.2, 0) is 4.79 Å². The average Bonchev–Trinajstić information content (AvgIpc) is 2.46. The quantitative estimate of drug-likeness (QED) is 0.599. The highest BCUT2D eigenvalue weighted by Gasteiger charge is 2.27. The van der Waals surface area contributed by atoms with E-state index in [-0.39, 0.29) is 17.9 Å². The molecule has 1 saturated carbocycles. The molecule has 3 heteroatoms. The van der Waals surface area contributed by atoms with Gasteiger partial charge in [0.25, 0.3) is 0 Å². The lowest BCUT2D eigenvalue weighted by Gasteiger charge is -2.27. The molecule has 0 saturated heterocycles. The molecule has 3 N–H and O–H groups in total. The van der Waals surface area contributed by atoms with Crippen LogP contribution in [0.2, 0.25) is 0 Å². The van der Waals surface area contributed by atoms with E-state index >= 15 is 0 Å². The molecule has 2 atom stereocenters. The third-order valence-electron chi connectivity index (χ3n) is 4.49. The molecule has 0 aliphatic heterocycles. The SMILES string of the molecule is CCCCCCCCCCNC(=O)C1CCCCC1N. The van der Waals surface area contributed by atoms with Gasteiger partial charge in [0.05, 0.1) is 5.92 Å². The van der Waals surface area contributed by atoms with Gasteiger partial charge in [0.2, 0.25) is 5.91 Å². The predicted molar refractivity (Wildman–Crippen MR) is 85.6 cm³/mol. The largest absolute Gasteiger partial charge is 0.356 e. The van der Waals surface area contributed by atoms with Gasteiger partial charge < -0.3 is 11.1 Å². The minimum atomic E-state index is 0.0674. The van der Waals surface area contributed by atoms with Crippen LogP contribution in [0.4, 0.5) is 0 Å². The Morgan fingerprint density at radius 1 is 1.00 bits per heavy atom. The number of unbranched alkanes of at least 4 members (excludes halogenated alkanes) is 7. The first-order chi connectivity index (χ1) is 9.75. The van der Waals surface area contributed by atoms with Crippen molar-refractivity contribution in [2.24, 2.45) is 11.7 Å². The van der Waals surface area contributed by atoms with Crippen LogP contribution in [0.1, 0.15) is 84.0 Å².